The van der Waals surface area contributed by atoms with Crippen LogP contribution in [0.4, 0.5) is 0 Å². The Morgan fingerprint density at radius 1 is 0.906 bits per heavy atom. The summed E-state index contributed by atoms with van der Waals surface area (Å²) in [5.74, 6) is 0.561. The van der Waals surface area contributed by atoms with E-state index < -0.39 is 0 Å². The van der Waals surface area contributed by atoms with Gasteiger partial charge in [0.2, 0.25) is 0 Å². The van der Waals surface area contributed by atoms with Gasteiger partial charge in [0.1, 0.15) is 29.1 Å². The largest absolute Gasteiger partial charge is 0.456 e. The van der Waals surface area contributed by atoms with Gasteiger partial charge in [0, 0.05) is 27.7 Å². The molecule has 0 N–H and O–H groups in total. The van der Waals surface area contributed by atoms with Crippen LogP contribution in [-0.4, -0.2) is 5.78 Å². The quantitative estimate of drug-likeness (QED) is 0.266. The maximum absolute atomic E-state index is 13.0. The standard InChI is InChI=1S/C27H14N2O2S/c28-15-18(16-29)26-21-8-4-5-9-22(21)27(30)23(26)13-20-14-24-25(32-20)12-19(31-24)11-10-17-6-2-1-3-7-17/h1-14H/b11-10+,23-13-. The maximum atomic E-state index is 13.0. The lowest BCUT2D eigenvalue weighted by Crippen LogP contribution is -1.95. The van der Waals surface area contributed by atoms with Gasteiger partial charge < -0.3 is 4.42 Å². The molecule has 0 saturated carbocycles. The van der Waals surface area contributed by atoms with E-state index in [9.17, 15) is 15.3 Å². The molecule has 2 heterocycles. The summed E-state index contributed by atoms with van der Waals surface area (Å²) in [5.41, 5.74) is 3.62. The van der Waals surface area contributed by atoms with Crippen LogP contribution < -0.4 is 0 Å². The third-order valence-electron chi connectivity index (χ3n) is 5.20. The number of carbonyl (C=O) groups is 1. The lowest BCUT2D eigenvalue weighted by atomic mass is 9.99. The Labute approximate surface area is 188 Å². The van der Waals surface area contributed by atoms with Crippen LogP contribution in [0.2, 0.25) is 0 Å². The fourth-order valence-electron chi connectivity index (χ4n) is 3.76. The second kappa shape index (κ2) is 8.00. The van der Waals surface area contributed by atoms with Crippen molar-refractivity contribution in [3.05, 3.63) is 105 Å². The van der Waals surface area contributed by atoms with Crippen LogP contribution in [0.5, 0.6) is 0 Å². The van der Waals surface area contributed by atoms with Crippen molar-refractivity contribution < 1.29 is 9.21 Å². The van der Waals surface area contributed by atoms with Gasteiger partial charge in [-0.15, -0.1) is 11.3 Å². The van der Waals surface area contributed by atoms with Gasteiger partial charge in [0.15, 0.2) is 5.78 Å². The molecule has 5 heteroatoms. The van der Waals surface area contributed by atoms with E-state index in [0.29, 0.717) is 22.3 Å². The van der Waals surface area contributed by atoms with E-state index in [2.05, 4.69) is 0 Å². The molecule has 4 nitrogen and oxygen atoms in total. The molecule has 1 aliphatic carbocycles. The molecule has 0 bridgehead atoms. The summed E-state index contributed by atoms with van der Waals surface area (Å²) in [6.07, 6.45) is 5.65. The number of thiophene rings is 1. The van der Waals surface area contributed by atoms with E-state index in [1.807, 2.05) is 66.8 Å². The number of nitriles is 2. The van der Waals surface area contributed by atoms with Crippen LogP contribution in [0.3, 0.4) is 0 Å². The van der Waals surface area contributed by atoms with E-state index in [1.54, 1.807) is 30.3 Å². The van der Waals surface area contributed by atoms with Gasteiger partial charge in [-0.25, -0.2) is 0 Å². The number of furan rings is 1. The number of Topliss-reactive ketones (excluding diaryl/α,β-unsaturated/α-hetero) is 1. The maximum Gasteiger partial charge on any atom is 0.194 e. The number of hydrogen-bond acceptors (Lipinski definition) is 5. The normalized spacial score (nSPS) is 14.1. The van der Waals surface area contributed by atoms with Crippen molar-refractivity contribution in [1.29, 1.82) is 10.5 Å². The molecule has 32 heavy (non-hydrogen) atoms. The van der Waals surface area contributed by atoms with Gasteiger partial charge in [-0.05, 0) is 29.3 Å². The number of allylic oxidation sites excluding steroid dienone is 3. The molecule has 0 unspecified atom stereocenters. The number of benzene rings is 2. The smallest absolute Gasteiger partial charge is 0.194 e. The molecule has 1 aliphatic rings. The van der Waals surface area contributed by atoms with Crippen molar-refractivity contribution in [2.75, 3.05) is 0 Å². The van der Waals surface area contributed by atoms with Gasteiger partial charge in [0.25, 0.3) is 0 Å². The Morgan fingerprint density at radius 3 is 2.34 bits per heavy atom. The third-order valence-corrected chi connectivity index (χ3v) is 6.21. The van der Waals surface area contributed by atoms with E-state index in [-0.39, 0.29) is 11.4 Å². The Balaban J connectivity index is 1.52. The predicted octanol–water partition coefficient (Wildman–Crippen LogP) is 6.75. The molecule has 2 aromatic heterocycles. The monoisotopic (exact) mass is 430 g/mol. The number of fused-ring (bicyclic) bond motifs is 2. The number of hydrogen-bond donors (Lipinski definition) is 0. The molecule has 0 saturated heterocycles. The highest BCUT2D eigenvalue weighted by molar-refractivity contribution is 7.19. The molecule has 0 radical (unpaired) electrons. The fourth-order valence-corrected chi connectivity index (χ4v) is 4.73. The Kier molecular flexibility index (Phi) is 4.88. The van der Waals surface area contributed by atoms with Crippen molar-refractivity contribution >= 4 is 51.2 Å². The first kappa shape index (κ1) is 19.5. The lowest BCUT2D eigenvalue weighted by molar-refractivity contribution is 0.104. The van der Waals surface area contributed by atoms with Crippen LogP contribution in [0, 0.1) is 22.7 Å². The van der Waals surface area contributed by atoms with E-state index in [4.69, 9.17) is 4.42 Å². The van der Waals surface area contributed by atoms with Gasteiger partial charge >= 0.3 is 0 Å². The molecule has 0 spiro atoms. The molecule has 0 amide bonds. The van der Waals surface area contributed by atoms with Crippen molar-refractivity contribution in [2.24, 2.45) is 0 Å². The highest BCUT2D eigenvalue weighted by Crippen LogP contribution is 2.41. The Bertz CT molecular complexity index is 1500. The number of nitrogens with zero attached hydrogens (tertiary/aromatic N) is 2. The molecule has 150 valence electrons. The average Bonchev–Trinajstić information content (AvgIpc) is 3.46. The molecule has 5 rings (SSSR count). The van der Waals surface area contributed by atoms with Crippen LogP contribution in [0.25, 0.3) is 34.1 Å². The summed E-state index contributed by atoms with van der Waals surface area (Å²) < 4.78 is 6.89. The van der Waals surface area contributed by atoms with Crippen LogP contribution in [-0.2, 0) is 0 Å². The fraction of sp³-hybridized carbons (Fsp3) is 0. The third kappa shape index (κ3) is 3.37. The van der Waals surface area contributed by atoms with Crippen LogP contribution in [0.15, 0.2) is 82.3 Å². The molecule has 2 aromatic carbocycles. The topological polar surface area (TPSA) is 77.8 Å². The first-order chi connectivity index (χ1) is 15.7. The second-order valence-electron chi connectivity index (χ2n) is 7.18. The Hall–Kier alpha value is -4.45. The number of carbonyl (C=O) groups excluding carboxylic acids is 1. The molecule has 0 aliphatic heterocycles. The summed E-state index contributed by atoms with van der Waals surface area (Å²) in [5, 5.41) is 18.9. The summed E-state index contributed by atoms with van der Waals surface area (Å²) >= 11 is 1.49. The summed E-state index contributed by atoms with van der Waals surface area (Å²) in [6, 6.07) is 24.7. The summed E-state index contributed by atoms with van der Waals surface area (Å²) in [6.45, 7) is 0. The van der Waals surface area contributed by atoms with Gasteiger partial charge in [-0.1, -0.05) is 60.7 Å². The van der Waals surface area contributed by atoms with Gasteiger partial charge in [-0.2, -0.15) is 10.5 Å². The first-order valence-corrected chi connectivity index (χ1v) is 10.7. The Morgan fingerprint density at radius 2 is 1.62 bits per heavy atom. The zero-order chi connectivity index (χ0) is 22.1. The second-order valence-corrected chi connectivity index (χ2v) is 8.29. The van der Waals surface area contributed by atoms with Crippen molar-refractivity contribution in [1.82, 2.24) is 0 Å². The highest BCUT2D eigenvalue weighted by Gasteiger charge is 2.32. The lowest BCUT2D eigenvalue weighted by Gasteiger charge is -2.01. The van der Waals surface area contributed by atoms with E-state index in [1.165, 1.54) is 11.3 Å². The summed E-state index contributed by atoms with van der Waals surface area (Å²) in [7, 11) is 0. The van der Waals surface area contributed by atoms with Crippen molar-refractivity contribution in [3.8, 4) is 12.1 Å². The molecule has 4 aromatic rings. The zero-order valence-corrected chi connectivity index (χ0v) is 17.5. The van der Waals surface area contributed by atoms with Crippen molar-refractivity contribution in [3.63, 3.8) is 0 Å². The van der Waals surface area contributed by atoms with Gasteiger partial charge in [0.05, 0.1) is 4.70 Å². The predicted molar refractivity (Wildman–Crippen MR) is 126 cm³/mol. The SMILES string of the molecule is N#CC(C#N)=C1/C(=C/c2cc3oc(/C=C/c4ccccc4)cc3s2)C(=O)c2ccccc21. The number of ketones is 1. The van der Waals surface area contributed by atoms with Crippen molar-refractivity contribution in [2.45, 2.75) is 0 Å². The number of rotatable bonds is 3. The van der Waals surface area contributed by atoms with Gasteiger partial charge in [-0.3, -0.25) is 4.79 Å². The minimum atomic E-state index is -0.185. The zero-order valence-electron chi connectivity index (χ0n) is 16.7. The molecule has 0 atom stereocenters. The van der Waals surface area contributed by atoms with E-state index >= 15 is 0 Å². The first-order valence-electron chi connectivity index (χ1n) is 9.85. The highest BCUT2D eigenvalue weighted by atomic mass is 32.1. The van der Waals surface area contributed by atoms with Crippen LogP contribution >= 0.6 is 11.3 Å². The van der Waals surface area contributed by atoms with Crippen LogP contribution in [0.1, 0.15) is 32.1 Å². The minimum Gasteiger partial charge on any atom is -0.456 e. The average molecular weight is 430 g/mol. The van der Waals surface area contributed by atoms with E-state index in [0.717, 1.165) is 26.5 Å². The molecular weight excluding hydrogens is 416 g/mol. The minimum absolute atomic E-state index is 0.0665. The molecular formula is C27H14N2O2S. The molecule has 0 fully saturated rings. The summed E-state index contributed by atoms with van der Waals surface area (Å²) in [4.78, 5) is 13.8.